The third-order valence-corrected chi connectivity index (χ3v) is 2.27. The van der Waals surface area contributed by atoms with Crippen LogP contribution in [0.2, 0.25) is 0 Å². The fourth-order valence-electron chi connectivity index (χ4n) is 1.49. The van der Waals surface area contributed by atoms with Crippen LogP contribution in [0.4, 0.5) is 5.82 Å². The smallest absolute Gasteiger partial charge is 0.154 e. The summed E-state index contributed by atoms with van der Waals surface area (Å²) in [5.41, 5.74) is 2.83. The number of nitrogens with zero attached hydrogens (tertiary/aromatic N) is 4. The van der Waals surface area contributed by atoms with Gasteiger partial charge in [-0.1, -0.05) is 0 Å². The molecule has 2 aromatic rings. The highest BCUT2D eigenvalue weighted by atomic mass is 14.9. The first-order valence-electron chi connectivity index (χ1n) is 4.94. The molecular formula is C12H12N4. The summed E-state index contributed by atoms with van der Waals surface area (Å²) in [6, 6.07) is 3.86. The lowest BCUT2D eigenvalue weighted by Crippen LogP contribution is -1.91. The van der Waals surface area contributed by atoms with Gasteiger partial charge in [-0.3, -0.25) is 0 Å². The maximum atomic E-state index is 4.34. The molecule has 0 bridgehead atoms. The van der Waals surface area contributed by atoms with E-state index in [0.717, 1.165) is 22.6 Å². The second kappa shape index (κ2) is 4.18. The molecular weight excluding hydrogens is 200 g/mol. The molecule has 0 aliphatic heterocycles. The molecule has 0 unspecified atom stereocenters. The lowest BCUT2D eigenvalue weighted by atomic mass is 10.1. The quantitative estimate of drug-likeness (QED) is 0.718. The van der Waals surface area contributed by atoms with E-state index in [1.807, 2.05) is 26.0 Å². The number of pyridine rings is 1. The topological polar surface area (TPSA) is 51.0 Å². The number of aliphatic imine (C=N–C) groups is 1. The Balaban J connectivity index is 2.49. The molecule has 0 amide bonds. The summed E-state index contributed by atoms with van der Waals surface area (Å²) in [5, 5.41) is 0. The number of aryl methyl sites for hydroxylation is 2. The number of hydrogen-bond acceptors (Lipinski definition) is 4. The second-order valence-electron chi connectivity index (χ2n) is 3.51. The van der Waals surface area contributed by atoms with Gasteiger partial charge in [-0.05, 0) is 38.3 Å². The van der Waals surface area contributed by atoms with Crippen LogP contribution in [0.3, 0.4) is 0 Å². The second-order valence-corrected chi connectivity index (χ2v) is 3.51. The molecule has 0 radical (unpaired) electrons. The van der Waals surface area contributed by atoms with Crippen molar-refractivity contribution in [3.63, 3.8) is 0 Å². The van der Waals surface area contributed by atoms with Gasteiger partial charge in [0.25, 0.3) is 0 Å². The van der Waals surface area contributed by atoms with E-state index in [-0.39, 0.29) is 0 Å². The van der Waals surface area contributed by atoms with E-state index >= 15 is 0 Å². The summed E-state index contributed by atoms with van der Waals surface area (Å²) < 4.78 is 0. The third-order valence-electron chi connectivity index (χ3n) is 2.27. The SMILES string of the molecule is C=Nc1ncc(-c2ccnc(C)n2)cc1C. The standard InChI is InChI=1S/C12H12N4/c1-8-6-10(7-15-12(8)13-3)11-4-5-14-9(2)16-11/h4-7H,3H2,1-2H3. The Labute approximate surface area is 94.1 Å². The van der Waals surface area contributed by atoms with Gasteiger partial charge in [-0.2, -0.15) is 0 Å². The zero-order valence-corrected chi connectivity index (χ0v) is 9.31. The lowest BCUT2D eigenvalue weighted by molar-refractivity contribution is 1.05. The number of hydrogen-bond donors (Lipinski definition) is 0. The van der Waals surface area contributed by atoms with Crippen LogP contribution in [0, 0.1) is 13.8 Å². The predicted molar refractivity (Wildman–Crippen MR) is 63.9 cm³/mol. The van der Waals surface area contributed by atoms with Crippen molar-refractivity contribution in [2.75, 3.05) is 0 Å². The normalized spacial score (nSPS) is 10.1. The highest BCUT2D eigenvalue weighted by Crippen LogP contribution is 2.21. The highest BCUT2D eigenvalue weighted by Gasteiger charge is 2.03. The zero-order valence-electron chi connectivity index (χ0n) is 9.31. The molecule has 80 valence electrons. The van der Waals surface area contributed by atoms with Crippen LogP contribution in [0.1, 0.15) is 11.4 Å². The molecule has 2 heterocycles. The van der Waals surface area contributed by atoms with E-state index < -0.39 is 0 Å². The van der Waals surface area contributed by atoms with Crippen molar-refractivity contribution < 1.29 is 0 Å². The average Bonchev–Trinajstić information content (AvgIpc) is 2.29. The Morgan fingerprint density at radius 3 is 2.69 bits per heavy atom. The molecule has 0 saturated heterocycles. The minimum atomic E-state index is 0.662. The lowest BCUT2D eigenvalue weighted by Gasteiger charge is -2.04. The molecule has 0 spiro atoms. The zero-order chi connectivity index (χ0) is 11.5. The van der Waals surface area contributed by atoms with Crippen molar-refractivity contribution in [1.82, 2.24) is 15.0 Å². The largest absolute Gasteiger partial charge is 0.245 e. The summed E-state index contributed by atoms with van der Waals surface area (Å²) in [7, 11) is 0. The van der Waals surface area contributed by atoms with Gasteiger partial charge in [0.05, 0.1) is 5.69 Å². The van der Waals surface area contributed by atoms with E-state index in [0.29, 0.717) is 5.82 Å². The van der Waals surface area contributed by atoms with Crippen LogP contribution < -0.4 is 0 Å². The maximum absolute atomic E-state index is 4.34. The van der Waals surface area contributed by atoms with Crippen LogP contribution >= 0.6 is 0 Å². The Kier molecular flexibility index (Phi) is 2.72. The van der Waals surface area contributed by atoms with Crippen molar-refractivity contribution >= 4 is 12.5 Å². The van der Waals surface area contributed by atoms with E-state index in [4.69, 9.17) is 0 Å². The fraction of sp³-hybridized carbons (Fsp3) is 0.167. The Bertz CT molecular complexity index is 534. The third kappa shape index (κ3) is 1.95. The fourth-order valence-corrected chi connectivity index (χ4v) is 1.49. The minimum Gasteiger partial charge on any atom is -0.245 e. The van der Waals surface area contributed by atoms with Gasteiger partial charge in [0.1, 0.15) is 5.82 Å². The molecule has 0 atom stereocenters. The first-order chi connectivity index (χ1) is 7.70. The number of aromatic nitrogens is 3. The van der Waals surface area contributed by atoms with E-state index in [1.165, 1.54) is 0 Å². The van der Waals surface area contributed by atoms with E-state index in [1.54, 1.807) is 12.4 Å². The van der Waals surface area contributed by atoms with Gasteiger partial charge in [-0.25, -0.2) is 19.9 Å². The van der Waals surface area contributed by atoms with Gasteiger partial charge < -0.3 is 0 Å². The summed E-state index contributed by atoms with van der Waals surface area (Å²) in [4.78, 5) is 16.4. The summed E-state index contributed by atoms with van der Waals surface area (Å²) in [5.74, 6) is 1.41. The van der Waals surface area contributed by atoms with Crippen LogP contribution in [0.5, 0.6) is 0 Å². The minimum absolute atomic E-state index is 0.662. The highest BCUT2D eigenvalue weighted by molar-refractivity contribution is 5.61. The molecule has 0 fully saturated rings. The van der Waals surface area contributed by atoms with Gasteiger partial charge in [-0.15, -0.1) is 0 Å². The van der Waals surface area contributed by atoms with Crippen molar-refractivity contribution in [3.8, 4) is 11.3 Å². The first-order valence-corrected chi connectivity index (χ1v) is 4.94. The van der Waals surface area contributed by atoms with E-state index in [9.17, 15) is 0 Å². The molecule has 0 aliphatic carbocycles. The van der Waals surface area contributed by atoms with Crippen molar-refractivity contribution in [1.29, 1.82) is 0 Å². The molecule has 0 N–H and O–H groups in total. The Hall–Kier alpha value is -2.10. The molecule has 0 aromatic carbocycles. The van der Waals surface area contributed by atoms with Gasteiger partial charge in [0, 0.05) is 18.0 Å². The molecule has 4 nitrogen and oxygen atoms in total. The Morgan fingerprint density at radius 1 is 1.25 bits per heavy atom. The van der Waals surface area contributed by atoms with Crippen molar-refractivity contribution in [2.45, 2.75) is 13.8 Å². The van der Waals surface area contributed by atoms with Gasteiger partial charge in [0.2, 0.25) is 0 Å². The molecule has 2 rings (SSSR count). The molecule has 16 heavy (non-hydrogen) atoms. The van der Waals surface area contributed by atoms with Gasteiger partial charge in [0.15, 0.2) is 5.82 Å². The Morgan fingerprint density at radius 2 is 2.06 bits per heavy atom. The predicted octanol–water partition coefficient (Wildman–Crippen LogP) is 2.49. The van der Waals surface area contributed by atoms with Crippen LogP contribution in [-0.2, 0) is 0 Å². The van der Waals surface area contributed by atoms with Crippen LogP contribution in [0.15, 0.2) is 29.5 Å². The van der Waals surface area contributed by atoms with Gasteiger partial charge >= 0.3 is 0 Å². The van der Waals surface area contributed by atoms with Crippen LogP contribution in [-0.4, -0.2) is 21.7 Å². The average molecular weight is 212 g/mol. The summed E-state index contributed by atoms with van der Waals surface area (Å²) in [6.07, 6.45) is 3.49. The summed E-state index contributed by atoms with van der Waals surface area (Å²) in [6.45, 7) is 7.29. The van der Waals surface area contributed by atoms with Crippen molar-refractivity contribution in [3.05, 3.63) is 35.9 Å². The molecule has 0 saturated carbocycles. The maximum Gasteiger partial charge on any atom is 0.154 e. The molecule has 4 heteroatoms. The van der Waals surface area contributed by atoms with Crippen molar-refractivity contribution in [2.24, 2.45) is 4.99 Å². The first kappa shape index (κ1) is 10.4. The number of rotatable bonds is 2. The summed E-state index contributed by atoms with van der Waals surface area (Å²) >= 11 is 0. The molecule has 2 aromatic heterocycles. The molecule has 0 aliphatic rings. The van der Waals surface area contributed by atoms with E-state index in [2.05, 4.69) is 26.7 Å². The monoisotopic (exact) mass is 212 g/mol. The van der Waals surface area contributed by atoms with Crippen LogP contribution in [0.25, 0.3) is 11.3 Å².